The number of nitrogens with zero attached hydrogens (tertiary/aromatic N) is 3. The number of anilines is 1. The van der Waals surface area contributed by atoms with Gasteiger partial charge in [0.2, 0.25) is 5.91 Å². The molecule has 2 fully saturated rings. The van der Waals surface area contributed by atoms with Gasteiger partial charge >= 0.3 is 0 Å². The fraction of sp³-hybridized carbons (Fsp3) is 0.533. The van der Waals surface area contributed by atoms with Gasteiger partial charge in [0.1, 0.15) is 12.1 Å². The normalized spacial score (nSPS) is 29.0. The molecule has 2 atom stereocenters. The minimum absolute atomic E-state index is 0.0209. The van der Waals surface area contributed by atoms with Gasteiger partial charge in [-0.05, 0) is 30.7 Å². The number of rotatable bonds is 1. The van der Waals surface area contributed by atoms with Crippen LogP contribution in [0.15, 0.2) is 17.8 Å². The third-order valence-electron chi connectivity index (χ3n) is 4.84. The average Bonchev–Trinajstić information content (AvgIpc) is 3.01. The van der Waals surface area contributed by atoms with Crippen LogP contribution in [0.25, 0.3) is 10.2 Å². The van der Waals surface area contributed by atoms with E-state index >= 15 is 0 Å². The quantitative estimate of drug-likeness (QED) is 0.825. The van der Waals surface area contributed by atoms with Gasteiger partial charge in [-0.1, -0.05) is 0 Å². The summed E-state index contributed by atoms with van der Waals surface area (Å²) in [4.78, 5) is 23.3. The summed E-state index contributed by atoms with van der Waals surface area (Å²) in [7, 11) is 0. The van der Waals surface area contributed by atoms with E-state index in [0.717, 1.165) is 28.9 Å². The molecule has 2 aliphatic heterocycles. The number of amides is 1. The first-order valence-electron chi connectivity index (χ1n) is 7.60. The summed E-state index contributed by atoms with van der Waals surface area (Å²) in [5.74, 6) is 0.858. The van der Waals surface area contributed by atoms with Gasteiger partial charge in [0.15, 0.2) is 0 Å². The fourth-order valence-electron chi connectivity index (χ4n) is 3.63. The van der Waals surface area contributed by atoms with E-state index in [1.807, 2.05) is 11.4 Å². The highest BCUT2D eigenvalue weighted by Gasteiger charge is 2.50. The number of thiophene rings is 1. The van der Waals surface area contributed by atoms with E-state index in [0.29, 0.717) is 26.1 Å². The van der Waals surface area contributed by atoms with Crippen molar-refractivity contribution in [1.29, 1.82) is 0 Å². The second kappa shape index (κ2) is 5.17. The lowest BCUT2D eigenvalue weighted by Crippen LogP contribution is -2.61. The first-order valence-corrected chi connectivity index (χ1v) is 8.48. The Bertz CT molecular complexity index is 718. The van der Waals surface area contributed by atoms with Crippen molar-refractivity contribution in [2.24, 2.45) is 5.41 Å². The monoisotopic (exact) mass is 318 g/mol. The minimum atomic E-state index is -0.703. The van der Waals surface area contributed by atoms with E-state index < -0.39 is 11.5 Å². The Morgan fingerprint density at radius 3 is 3.23 bits per heavy atom. The largest absolute Gasteiger partial charge is 0.392 e. The molecule has 4 heterocycles. The highest BCUT2D eigenvalue weighted by molar-refractivity contribution is 7.17. The minimum Gasteiger partial charge on any atom is -0.392 e. The number of carbonyl (C=O) groups excluding carboxylic acids is 1. The summed E-state index contributed by atoms with van der Waals surface area (Å²) in [6.07, 6.45) is 3.22. The van der Waals surface area contributed by atoms with E-state index in [1.165, 1.54) is 0 Å². The molecule has 0 unspecified atom stereocenters. The molecule has 0 radical (unpaired) electrons. The third kappa shape index (κ3) is 1.99. The number of hydrogen-bond donors (Lipinski definition) is 2. The van der Waals surface area contributed by atoms with Gasteiger partial charge in [0.25, 0.3) is 0 Å². The Morgan fingerprint density at radius 1 is 1.45 bits per heavy atom. The lowest BCUT2D eigenvalue weighted by atomic mass is 9.71. The van der Waals surface area contributed by atoms with Gasteiger partial charge in [-0.3, -0.25) is 4.79 Å². The molecular weight excluding hydrogens is 300 g/mol. The first kappa shape index (κ1) is 13.9. The molecular formula is C15H18N4O2S. The summed E-state index contributed by atoms with van der Waals surface area (Å²) in [6, 6.07) is 1.98. The van der Waals surface area contributed by atoms with Crippen LogP contribution in [0.1, 0.15) is 19.3 Å². The molecule has 1 amide bonds. The van der Waals surface area contributed by atoms with Crippen LogP contribution in [-0.4, -0.2) is 46.7 Å². The number of piperidine rings is 2. The zero-order chi connectivity index (χ0) is 15.2. The summed E-state index contributed by atoms with van der Waals surface area (Å²) >= 11 is 1.61. The van der Waals surface area contributed by atoms with Gasteiger partial charge in [0, 0.05) is 19.6 Å². The van der Waals surface area contributed by atoms with Crippen molar-refractivity contribution < 1.29 is 9.90 Å². The second-order valence-electron chi connectivity index (χ2n) is 6.07. The van der Waals surface area contributed by atoms with Crippen molar-refractivity contribution in [2.45, 2.75) is 25.4 Å². The average molecular weight is 318 g/mol. The van der Waals surface area contributed by atoms with Crippen LogP contribution in [0.3, 0.4) is 0 Å². The van der Waals surface area contributed by atoms with Crippen LogP contribution < -0.4 is 10.2 Å². The number of nitrogens with one attached hydrogen (secondary N) is 1. The SMILES string of the molecule is O=C1NCCC[C@]12CN(c1ncnc3ccsc13)CC[C@@H]2O. The highest BCUT2D eigenvalue weighted by atomic mass is 32.1. The van der Waals surface area contributed by atoms with Crippen LogP contribution in [-0.2, 0) is 4.79 Å². The van der Waals surface area contributed by atoms with Crippen LogP contribution in [0.5, 0.6) is 0 Å². The number of aromatic nitrogens is 2. The molecule has 2 aliphatic rings. The predicted octanol–water partition coefficient (Wildman–Crippen LogP) is 1.16. The molecule has 2 aromatic rings. The highest BCUT2D eigenvalue weighted by Crippen LogP contribution is 2.40. The van der Waals surface area contributed by atoms with Crippen molar-refractivity contribution in [3.05, 3.63) is 17.8 Å². The van der Waals surface area contributed by atoms with Crippen molar-refractivity contribution >= 4 is 33.3 Å². The van der Waals surface area contributed by atoms with Gasteiger partial charge in [-0.15, -0.1) is 11.3 Å². The topological polar surface area (TPSA) is 78.4 Å². The van der Waals surface area contributed by atoms with Crippen LogP contribution >= 0.6 is 11.3 Å². The van der Waals surface area contributed by atoms with E-state index in [9.17, 15) is 9.90 Å². The molecule has 1 spiro atoms. The number of carbonyl (C=O) groups is 1. The van der Waals surface area contributed by atoms with Crippen LogP contribution in [0.4, 0.5) is 5.82 Å². The van der Waals surface area contributed by atoms with Gasteiger partial charge in [0.05, 0.1) is 21.7 Å². The zero-order valence-electron chi connectivity index (χ0n) is 12.2. The molecule has 22 heavy (non-hydrogen) atoms. The molecule has 0 aromatic carbocycles. The van der Waals surface area contributed by atoms with Crippen LogP contribution in [0.2, 0.25) is 0 Å². The number of hydrogen-bond acceptors (Lipinski definition) is 6. The van der Waals surface area contributed by atoms with E-state index in [-0.39, 0.29) is 5.91 Å². The number of fused-ring (bicyclic) bond motifs is 1. The third-order valence-corrected chi connectivity index (χ3v) is 5.74. The fourth-order valence-corrected chi connectivity index (χ4v) is 4.49. The summed E-state index contributed by atoms with van der Waals surface area (Å²) in [5.41, 5.74) is 0.230. The maximum Gasteiger partial charge on any atom is 0.230 e. The number of aliphatic hydroxyl groups is 1. The summed E-state index contributed by atoms with van der Waals surface area (Å²) in [5, 5.41) is 15.4. The maximum absolute atomic E-state index is 12.4. The standard InChI is InChI=1S/C15H18N4O2S/c20-11-2-6-19(8-15(11)4-1-5-16-14(15)21)13-12-10(3-7-22-12)17-9-18-13/h3,7,9,11,20H,1-2,4-6,8H2,(H,16,21)/t11-,15+/m0/s1. The molecule has 6 nitrogen and oxygen atoms in total. The Balaban J connectivity index is 1.72. The van der Waals surface area contributed by atoms with Crippen LogP contribution in [0, 0.1) is 5.41 Å². The van der Waals surface area contributed by atoms with E-state index in [2.05, 4.69) is 20.2 Å². The Morgan fingerprint density at radius 2 is 2.36 bits per heavy atom. The van der Waals surface area contributed by atoms with Gasteiger partial charge < -0.3 is 15.3 Å². The van der Waals surface area contributed by atoms with E-state index in [1.54, 1.807) is 17.7 Å². The van der Waals surface area contributed by atoms with Gasteiger partial charge in [-0.2, -0.15) is 0 Å². The first-order chi connectivity index (χ1) is 10.7. The molecule has 0 saturated carbocycles. The van der Waals surface area contributed by atoms with Gasteiger partial charge in [-0.25, -0.2) is 9.97 Å². The predicted molar refractivity (Wildman–Crippen MR) is 84.9 cm³/mol. The lowest BCUT2D eigenvalue weighted by Gasteiger charge is -2.47. The van der Waals surface area contributed by atoms with Crippen molar-refractivity contribution in [1.82, 2.24) is 15.3 Å². The number of aliphatic hydroxyl groups excluding tert-OH is 1. The Labute approximate surface area is 132 Å². The second-order valence-corrected chi connectivity index (χ2v) is 6.99. The smallest absolute Gasteiger partial charge is 0.230 e. The van der Waals surface area contributed by atoms with Crippen molar-refractivity contribution in [3.63, 3.8) is 0 Å². The Kier molecular flexibility index (Phi) is 3.27. The van der Waals surface area contributed by atoms with E-state index in [4.69, 9.17) is 0 Å². The zero-order valence-corrected chi connectivity index (χ0v) is 13.0. The molecule has 2 saturated heterocycles. The molecule has 0 bridgehead atoms. The van der Waals surface area contributed by atoms with Crippen molar-refractivity contribution in [3.8, 4) is 0 Å². The van der Waals surface area contributed by atoms with Crippen molar-refractivity contribution in [2.75, 3.05) is 24.5 Å². The molecule has 2 aromatic heterocycles. The summed E-state index contributed by atoms with van der Waals surface area (Å²) in [6.45, 7) is 1.93. The lowest BCUT2D eigenvalue weighted by molar-refractivity contribution is -0.142. The maximum atomic E-state index is 12.4. The molecule has 2 N–H and O–H groups in total. The molecule has 116 valence electrons. The molecule has 7 heteroatoms. The Hall–Kier alpha value is -1.73. The molecule has 4 rings (SSSR count). The summed E-state index contributed by atoms with van der Waals surface area (Å²) < 4.78 is 1.05. The molecule has 0 aliphatic carbocycles.